The lowest BCUT2D eigenvalue weighted by Crippen LogP contribution is -2.46. The molecule has 1 atom stereocenters. The van der Waals surface area contributed by atoms with E-state index in [-0.39, 0.29) is 12.1 Å². The second-order valence-corrected chi connectivity index (χ2v) is 7.15. The van der Waals surface area contributed by atoms with E-state index in [1.54, 1.807) is 0 Å². The van der Waals surface area contributed by atoms with Gasteiger partial charge in [0.05, 0.1) is 12.1 Å². The van der Waals surface area contributed by atoms with Gasteiger partial charge in [-0.05, 0) is 50.1 Å². The number of ether oxygens (including phenoxy) is 1. The Labute approximate surface area is 144 Å². The molecule has 23 heavy (non-hydrogen) atoms. The third-order valence-corrected chi connectivity index (χ3v) is 5.06. The fraction of sp³-hybridized carbons (Fsp3) is 0.611. The van der Waals surface area contributed by atoms with Crippen LogP contribution in [0.3, 0.4) is 0 Å². The van der Waals surface area contributed by atoms with Crippen molar-refractivity contribution in [3.63, 3.8) is 0 Å². The summed E-state index contributed by atoms with van der Waals surface area (Å²) in [4.78, 5) is 15.6. The average molecular weight is 337 g/mol. The van der Waals surface area contributed by atoms with E-state index in [9.17, 15) is 4.79 Å². The molecule has 0 radical (unpaired) electrons. The van der Waals surface area contributed by atoms with Crippen LogP contribution in [0.15, 0.2) is 29.2 Å². The first-order valence-corrected chi connectivity index (χ1v) is 9.52. The zero-order valence-corrected chi connectivity index (χ0v) is 15.2. The Kier molecular flexibility index (Phi) is 7.24. The molecule has 0 aromatic heterocycles. The smallest absolute Gasteiger partial charge is 0.317 e. The first-order valence-electron chi connectivity index (χ1n) is 8.53. The van der Waals surface area contributed by atoms with Gasteiger partial charge in [0.25, 0.3) is 0 Å². The molecule has 0 saturated carbocycles. The van der Waals surface area contributed by atoms with Crippen LogP contribution in [-0.2, 0) is 4.74 Å². The van der Waals surface area contributed by atoms with Crippen LogP contribution in [0.5, 0.6) is 0 Å². The van der Waals surface area contributed by atoms with Gasteiger partial charge in [0.2, 0.25) is 0 Å². The van der Waals surface area contributed by atoms with Gasteiger partial charge in [-0.3, -0.25) is 0 Å². The highest BCUT2D eigenvalue weighted by molar-refractivity contribution is 7.99. The Morgan fingerprint density at radius 1 is 1.30 bits per heavy atom. The number of likely N-dealkylation sites (tertiary alicyclic amines) is 1. The summed E-state index contributed by atoms with van der Waals surface area (Å²) in [5.41, 5.74) is 1.14. The van der Waals surface area contributed by atoms with Gasteiger partial charge in [-0.2, -0.15) is 0 Å². The number of hydrogen-bond donors (Lipinski definition) is 1. The number of benzene rings is 1. The molecule has 0 bridgehead atoms. The summed E-state index contributed by atoms with van der Waals surface area (Å²) < 4.78 is 5.63. The van der Waals surface area contributed by atoms with Crippen LogP contribution < -0.4 is 5.32 Å². The quantitative estimate of drug-likeness (QED) is 0.796. The second-order valence-electron chi connectivity index (χ2n) is 5.81. The lowest BCUT2D eigenvalue weighted by Gasteiger charge is -2.32. The first kappa shape index (κ1) is 18.1. The summed E-state index contributed by atoms with van der Waals surface area (Å²) >= 11 is 1.83. The molecule has 1 fully saturated rings. The van der Waals surface area contributed by atoms with Gasteiger partial charge in [-0.25, -0.2) is 4.79 Å². The van der Waals surface area contributed by atoms with Crippen LogP contribution in [0, 0.1) is 0 Å². The van der Waals surface area contributed by atoms with Gasteiger partial charge >= 0.3 is 6.03 Å². The number of thioether (sulfide) groups is 1. The third kappa shape index (κ3) is 5.43. The van der Waals surface area contributed by atoms with E-state index in [0.717, 1.165) is 43.9 Å². The zero-order valence-electron chi connectivity index (χ0n) is 14.4. The molecule has 1 aromatic carbocycles. The first-order chi connectivity index (χ1) is 11.1. The molecule has 2 amide bonds. The molecule has 1 aliphatic heterocycles. The van der Waals surface area contributed by atoms with Crippen LogP contribution in [0.25, 0.3) is 0 Å². The topological polar surface area (TPSA) is 41.6 Å². The minimum absolute atomic E-state index is 0.0211. The zero-order chi connectivity index (χ0) is 16.7. The van der Waals surface area contributed by atoms with E-state index in [4.69, 9.17) is 4.74 Å². The Hall–Kier alpha value is -1.20. The number of carbonyl (C=O) groups excluding carboxylic acids is 1. The highest BCUT2D eigenvalue weighted by Gasteiger charge is 2.23. The summed E-state index contributed by atoms with van der Waals surface area (Å²) in [6.07, 6.45) is 2.17. The third-order valence-electron chi connectivity index (χ3n) is 4.16. The fourth-order valence-electron chi connectivity index (χ4n) is 2.84. The molecule has 0 unspecified atom stereocenters. The molecule has 1 aliphatic rings. The summed E-state index contributed by atoms with van der Waals surface area (Å²) in [5, 5.41) is 3.10. The van der Waals surface area contributed by atoms with Gasteiger partial charge in [-0.1, -0.05) is 19.1 Å². The van der Waals surface area contributed by atoms with Crippen molar-refractivity contribution in [2.75, 3.05) is 25.4 Å². The Morgan fingerprint density at radius 2 is 1.96 bits per heavy atom. The summed E-state index contributed by atoms with van der Waals surface area (Å²) in [6, 6.07) is 8.50. The number of rotatable bonds is 6. The number of hydrogen-bond acceptors (Lipinski definition) is 3. The van der Waals surface area contributed by atoms with Crippen molar-refractivity contribution >= 4 is 17.8 Å². The second kappa shape index (κ2) is 9.18. The molecule has 1 heterocycles. The number of urea groups is 1. The van der Waals surface area contributed by atoms with Gasteiger partial charge in [-0.15, -0.1) is 11.8 Å². The lowest BCUT2D eigenvalue weighted by atomic mass is 10.1. The van der Waals surface area contributed by atoms with E-state index in [1.165, 1.54) is 4.90 Å². The highest BCUT2D eigenvalue weighted by Crippen LogP contribution is 2.21. The Balaban J connectivity index is 1.82. The molecule has 1 aromatic rings. The van der Waals surface area contributed by atoms with Crippen molar-refractivity contribution in [1.82, 2.24) is 10.2 Å². The monoisotopic (exact) mass is 336 g/mol. The minimum atomic E-state index is 0.0211. The van der Waals surface area contributed by atoms with Gasteiger partial charge in [0, 0.05) is 24.6 Å². The van der Waals surface area contributed by atoms with Crippen LogP contribution in [-0.4, -0.2) is 42.5 Å². The molecule has 2 rings (SSSR count). The average Bonchev–Trinajstić information content (AvgIpc) is 2.56. The molecule has 128 valence electrons. The maximum atomic E-state index is 12.4. The normalized spacial score (nSPS) is 17.1. The van der Waals surface area contributed by atoms with Crippen molar-refractivity contribution in [2.24, 2.45) is 0 Å². The molecule has 1 N–H and O–H groups in total. The SMILES string of the molecule is CCOC1CCN(C(=O)N[C@@H](C)c2ccc(SCC)cc2)CC1. The van der Waals surface area contributed by atoms with Gasteiger partial charge in [0.1, 0.15) is 0 Å². The maximum absolute atomic E-state index is 12.4. The Bertz CT molecular complexity index is 484. The van der Waals surface area contributed by atoms with E-state index in [0.29, 0.717) is 6.10 Å². The molecular formula is C18H28N2O2S. The number of amides is 2. The molecule has 0 aliphatic carbocycles. The molecule has 0 spiro atoms. The van der Waals surface area contributed by atoms with Crippen molar-refractivity contribution in [2.45, 2.75) is 50.7 Å². The van der Waals surface area contributed by atoms with Gasteiger partial charge in [0.15, 0.2) is 0 Å². The fourth-order valence-corrected chi connectivity index (χ4v) is 3.50. The standard InChI is InChI=1S/C18H28N2O2S/c1-4-22-16-10-12-20(13-11-16)18(21)19-14(3)15-6-8-17(9-7-15)23-5-2/h6-9,14,16H,4-5,10-13H2,1-3H3,(H,19,21)/t14-/m0/s1. The lowest BCUT2D eigenvalue weighted by molar-refractivity contribution is 0.0218. The van der Waals surface area contributed by atoms with Crippen LogP contribution in [0.4, 0.5) is 4.79 Å². The molecular weight excluding hydrogens is 308 g/mol. The molecule has 1 saturated heterocycles. The largest absolute Gasteiger partial charge is 0.378 e. The number of piperidine rings is 1. The predicted octanol–water partition coefficient (Wildman–Crippen LogP) is 4.07. The molecule has 4 nitrogen and oxygen atoms in total. The summed E-state index contributed by atoms with van der Waals surface area (Å²) in [5.74, 6) is 1.07. The van der Waals surface area contributed by atoms with Crippen molar-refractivity contribution < 1.29 is 9.53 Å². The van der Waals surface area contributed by atoms with Crippen molar-refractivity contribution in [3.05, 3.63) is 29.8 Å². The summed E-state index contributed by atoms with van der Waals surface area (Å²) in [7, 11) is 0. The molecule has 5 heteroatoms. The predicted molar refractivity (Wildman–Crippen MR) is 96.0 cm³/mol. The van der Waals surface area contributed by atoms with E-state index >= 15 is 0 Å². The summed E-state index contributed by atoms with van der Waals surface area (Å²) in [6.45, 7) is 8.50. The van der Waals surface area contributed by atoms with Crippen LogP contribution in [0.2, 0.25) is 0 Å². The van der Waals surface area contributed by atoms with Crippen LogP contribution >= 0.6 is 11.8 Å². The van der Waals surface area contributed by atoms with Crippen molar-refractivity contribution in [3.8, 4) is 0 Å². The Morgan fingerprint density at radius 3 is 2.52 bits per heavy atom. The minimum Gasteiger partial charge on any atom is -0.378 e. The highest BCUT2D eigenvalue weighted by atomic mass is 32.2. The van der Waals surface area contributed by atoms with Gasteiger partial charge < -0.3 is 15.0 Å². The van der Waals surface area contributed by atoms with Crippen molar-refractivity contribution in [1.29, 1.82) is 0 Å². The number of carbonyl (C=O) groups is 1. The van der Waals surface area contributed by atoms with Crippen LogP contribution in [0.1, 0.15) is 45.2 Å². The van der Waals surface area contributed by atoms with E-state index in [1.807, 2.05) is 30.5 Å². The maximum Gasteiger partial charge on any atom is 0.317 e. The number of nitrogens with zero attached hydrogens (tertiary/aromatic N) is 1. The van der Waals surface area contributed by atoms with E-state index < -0.39 is 0 Å². The number of nitrogens with one attached hydrogen (secondary N) is 1. The van der Waals surface area contributed by atoms with E-state index in [2.05, 4.69) is 36.5 Å².